The number of carbonyl (C=O) groups excluding carboxylic acids is 1. The highest BCUT2D eigenvalue weighted by molar-refractivity contribution is 9.09. The minimum Gasteiger partial charge on any atom is -0.293 e. The van der Waals surface area contributed by atoms with Crippen molar-refractivity contribution in [2.75, 3.05) is 5.33 Å². The summed E-state index contributed by atoms with van der Waals surface area (Å²) in [5.41, 5.74) is 5.01. The molecule has 1 nitrogen and oxygen atoms in total. The molecule has 0 aliphatic heterocycles. The molecule has 0 aliphatic rings. The van der Waals surface area contributed by atoms with Crippen molar-refractivity contribution in [3.05, 3.63) is 35.4 Å². The standard InChI is InChI=1S/C13H15BrOSi/c1-16(2,3)9-8-11-4-6-12(7-5-11)13(15)10-14/h4-7H,10H2,1-3H3. The van der Waals surface area contributed by atoms with Gasteiger partial charge in [0.2, 0.25) is 0 Å². The van der Waals surface area contributed by atoms with Crippen molar-refractivity contribution in [3.63, 3.8) is 0 Å². The van der Waals surface area contributed by atoms with Gasteiger partial charge in [-0.15, -0.1) is 5.54 Å². The van der Waals surface area contributed by atoms with E-state index in [9.17, 15) is 4.79 Å². The maximum atomic E-state index is 11.4. The van der Waals surface area contributed by atoms with Crippen molar-refractivity contribution >= 4 is 29.8 Å². The molecule has 0 bridgehead atoms. The number of ketones is 1. The lowest BCUT2D eigenvalue weighted by molar-refractivity contribution is 0.102. The van der Waals surface area contributed by atoms with Crippen LogP contribution in [-0.4, -0.2) is 19.2 Å². The molecule has 0 atom stereocenters. The van der Waals surface area contributed by atoms with Crippen LogP contribution in [0.25, 0.3) is 0 Å². The van der Waals surface area contributed by atoms with Crippen LogP contribution in [0.3, 0.4) is 0 Å². The van der Waals surface area contributed by atoms with Gasteiger partial charge in [0, 0.05) is 11.1 Å². The molecule has 1 aromatic carbocycles. The Bertz CT molecular complexity index is 432. The largest absolute Gasteiger partial charge is 0.293 e. The Balaban J connectivity index is 2.87. The zero-order chi connectivity index (χ0) is 12.2. The second-order valence-electron chi connectivity index (χ2n) is 4.63. The Labute approximate surface area is 106 Å². The van der Waals surface area contributed by atoms with Crippen molar-refractivity contribution in [3.8, 4) is 11.5 Å². The zero-order valence-electron chi connectivity index (χ0n) is 9.80. The summed E-state index contributed by atoms with van der Waals surface area (Å²) in [6.45, 7) is 6.63. The Kier molecular flexibility index (Phi) is 4.52. The fourth-order valence-corrected chi connectivity index (χ4v) is 1.92. The third-order valence-electron chi connectivity index (χ3n) is 1.91. The first-order valence-electron chi connectivity index (χ1n) is 5.15. The summed E-state index contributed by atoms with van der Waals surface area (Å²) < 4.78 is 0. The molecular weight excluding hydrogens is 280 g/mol. The number of halogens is 1. The summed E-state index contributed by atoms with van der Waals surface area (Å²) in [5, 5.41) is 0.368. The number of benzene rings is 1. The maximum absolute atomic E-state index is 11.4. The molecule has 0 N–H and O–H groups in total. The van der Waals surface area contributed by atoms with Crippen LogP contribution in [0.4, 0.5) is 0 Å². The van der Waals surface area contributed by atoms with Crippen molar-refractivity contribution in [2.45, 2.75) is 19.6 Å². The topological polar surface area (TPSA) is 17.1 Å². The van der Waals surface area contributed by atoms with Crippen molar-refractivity contribution < 1.29 is 4.79 Å². The number of hydrogen-bond donors (Lipinski definition) is 0. The Hall–Kier alpha value is -0.853. The average molecular weight is 295 g/mol. The van der Waals surface area contributed by atoms with Crippen molar-refractivity contribution in [2.24, 2.45) is 0 Å². The van der Waals surface area contributed by atoms with Gasteiger partial charge in [0.15, 0.2) is 5.78 Å². The number of Topliss-reactive ketones (excluding diaryl/α,β-unsaturated/α-hetero) is 1. The average Bonchev–Trinajstić information content (AvgIpc) is 2.25. The van der Waals surface area contributed by atoms with Gasteiger partial charge in [-0.05, 0) is 12.1 Å². The van der Waals surface area contributed by atoms with Gasteiger partial charge >= 0.3 is 0 Å². The molecule has 0 aromatic heterocycles. The number of rotatable bonds is 2. The molecule has 0 amide bonds. The summed E-state index contributed by atoms with van der Waals surface area (Å²) in [7, 11) is -1.32. The van der Waals surface area contributed by atoms with Gasteiger partial charge in [0.1, 0.15) is 8.07 Å². The lowest BCUT2D eigenvalue weighted by atomic mass is 10.1. The van der Waals surface area contributed by atoms with Crippen molar-refractivity contribution in [1.82, 2.24) is 0 Å². The second-order valence-corrected chi connectivity index (χ2v) is 9.94. The molecular formula is C13H15BrOSi. The first-order chi connectivity index (χ1) is 7.42. The van der Waals surface area contributed by atoms with E-state index in [-0.39, 0.29) is 5.78 Å². The molecule has 0 fully saturated rings. The normalized spacial score (nSPS) is 10.5. The smallest absolute Gasteiger partial charge is 0.173 e. The Morgan fingerprint density at radius 1 is 1.25 bits per heavy atom. The second kappa shape index (κ2) is 5.47. The molecule has 3 heteroatoms. The first kappa shape index (κ1) is 13.2. The molecule has 16 heavy (non-hydrogen) atoms. The minimum atomic E-state index is -1.32. The van der Waals surface area contributed by atoms with E-state index in [0.717, 1.165) is 11.1 Å². The van der Waals surface area contributed by atoms with E-state index in [1.807, 2.05) is 24.3 Å². The summed E-state index contributed by atoms with van der Waals surface area (Å²) in [6.07, 6.45) is 0. The van der Waals surface area contributed by atoms with Gasteiger partial charge < -0.3 is 0 Å². The molecule has 1 rings (SSSR count). The van der Waals surface area contributed by atoms with Crippen LogP contribution in [0.2, 0.25) is 19.6 Å². The summed E-state index contributed by atoms with van der Waals surface area (Å²) in [4.78, 5) is 11.4. The lowest BCUT2D eigenvalue weighted by Crippen LogP contribution is -2.16. The van der Waals surface area contributed by atoms with E-state index in [1.54, 1.807) is 0 Å². The third kappa shape index (κ3) is 4.34. The highest BCUT2D eigenvalue weighted by Gasteiger charge is 2.07. The maximum Gasteiger partial charge on any atom is 0.173 e. The van der Waals surface area contributed by atoms with E-state index < -0.39 is 8.07 Å². The Morgan fingerprint density at radius 3 is 2.25 bits per heavy atom. The number of carbonyl (C=O) groups is 1. The highest BCUT2D eigenvalue weighted by atomic mass is 79.9. The minimum absolute atomic E-state index is 0.102. The van der Waals surface area contributed by atoms with Gasteiger partial charge in [0.05, 0.1) is 5.33 Å². The molecule has 84 valence electrons. The first-order valence-corrected chi connectivity index (χ1v) is 9.77. The molecule has 0 heterocycles. The molecule has 0 unspecified atom stereocenters. The number of hydrogen-bond acceptors (Lipinski definition) is 1. The molecule has 0 radical (unpaired) electrons. The van der Waals surface area contributed by atoms with Crippen LogP contribution in [0.15, 0.2) is 24.3 Å². The van der Waals surface area contributed by atoms with E-state index >= 15 is 0 Å². The fourth-order valence-electron chi connectivity index (χ4n) is 1.08. The highest BCUT2D eigenvalue weighted by Crippen LogP contribution is 2.06. The summed E-state index contributed by atoms with van der Waals surface area (Å²) in [5.74, 6) is 3.26. The van der Waals surface area contributed by atoms with Crippen LogP contribution in [0.1, 0.15) is 15.9 Å². The SMILES string of the molecule is C[Si](C)(C)C#Cc1ccc(C(=O)CBr)cc1. The van der Waals surface area contributed by atoms with Crippen LogP contribution in [-0.2, 0) is 0 Å². The monoisotopic (exact) mass is 294 g/mol. The number of alkyl halides is 1. The molecule has 1 aromatic rings. The molecule has 0 spiro atoms. The lowest BCUT2D eigenvalue weighted by Gasteiger charge is -2.03. The van der Waals surface area contributed by atoms with Gasteiger partial charge in [-0.1, -0.05) is 53.6 Å². The van der Waals surface area contributed by atoms with Crippen LogP contribution in [0.5, 0.6) is 0 Å². The van der Waals surface area contributed by atoms with E-state index in [0.29, 0.717) is 5.33 Å². The Morgan fingerprint density at radius 2 is 1.81 bits per heavy atom. The summed E-state index contributed by atoms with van der Waals surface area (Å²) >= 11 is 3.15. The van der Waals surface area contributed by atoms with E-state index in [1.165, 1.54) is 0 Å². The van der Waals surface area contributed by atoms with Crippen LogP contribution >= 0.6 is 15.9 Å². The van der Waals surface area contributed by atoms with Gasteiger partial charge in [0.25, 0.3) is 0 Å². The quantitative estimate of drug-likeness (QED) is 0.353. The van der Waals surface area contributed by atoms with Gasteiger partial charge in [-0.3, -0.25) is 4.79 Å². The summed E-state index contributed by atoms with van der Waals surface area (Å²) in [6, 6.07) is 7.47. The van der Waals surface area contributed by atoms with E-state index in [2.05, 4.69) is 47.0 Å². The van der Waals surface area contributed by atoms with Crippen LogP contribution in [0, 0.1) is 11.5 Å². The van der Waals surface area contributed by atoms with E-state index in [4.69, 9.17) is 0 Å². The van der Waals surface area contributed by atoms with Crippen molar-refractivity contribution in [1.29, 1.82) is 0 Å². The molecule has 0 saturated heterocycles. The predicted octanol–water partition coefficient (Wildman–Crippen LogP) is 3.49. The van der Waals surface area contributed by atoms with Gasteiger partial charge in [-0.2, -0.15) is 0 Å². The van der Waals surface area contributed by atoms with Crippen LogP contribution < -0.4 is 0 Å². The third-order valence-corrected chi connectivity index (χ3v) is 3.29. The molecule has 0 aliphatic carbocycles. The van der Waals surface area contributed by atoms with Gasteiger partial charge in [-0.25, -0.2) is 0 Å². The molecule has 0 saturated carbocycles. The predicted molar refractivity (Wildman–Crippen MR) is 74.8 cm³/mol. The zero-order valence-corrected chi connectivity index (χ0v) is 12.4. The fraction of sp³-hybridized carbons (Fsp3) is 0.308.